The highest BCUT2D eigenvalue weighted by atomic mass is 19.1. The highest BCUT2D eigenvalue weighted by molar-refractivity contribution is 6.13. The minimum absolute atomic E-state index is 0.199. The average Bonchev–Trinajstić information content (AvgIpc) is 2.82. The van der Waals surface area contributed by atoms with E-state index in [4.69, 9.17) is 0 Å². The maximum Gasteiger partial charge on any atom is 0.128 e. The summed E-state index contributed by atoms with van der Waals surface area (Å²) in [6, 6.07) is 16.6. The van der Waals surface area contributed by atoms with Crippen LogP contribution in [0.2, 0.25) is 0 Å². The Morgan fingerprint density at radius 1 is 0.947 bits per heavy atom. The number of aliphatic imine (C=N–C) groups is 1. The maximum absolute atomic E-state index is 13.8. The van der Waals surface area contributed by atoms with Crippen LogP contribution in [0.15, 0.2) is 71.2 Å². The van der Waals surface area contributed by atoms with Gasteiger partial charge in [-0.3, -0.25) is 4.99 Å². The normalized spacial score (nSPS) is 18.1. The molecule has 3 rings (SSSR count). The summed E-state index contributed by atoms with van der Waals surface area (Å²) in [6.45, 7) is 2.02. The molecule has 0 fully saturated rings. The Bertz CT molecular complexity index is 656. The first kappa shape index (κ1) is 11.8. The Kier molecular flexibility index (Phi) is 3.00. The molecule has 2 aromatic rings. The monoisotopic (exact) mass is 251 g/mol. The van der Waals surface area contributed by atoms with Crippen molar-refractivity contribution in [1.29, 1.82) is 0 Å². The Labute approximate surface area is 112 Å². The minimum atomic E-state index is -0.212. The van der Waals surface area contributed by atoms with Crippen LogP contribution in [0, 0.1) is 5.82 Å². The van der Waals surface area contributed by atoms with Crippen LogP contribution in [0.5, 0.6) is 0 Å². The Morgan fingerprint density at radius 3 is 2.37 bits per heavy atom. The van der Waals surface area contributed by atoms with Gasteiger partial charge in [-0.25, -0.2) is 4.39 Å². The van der Waals surface area contributed by atoms with Gasteiger partial charge >= 0.3 is 0 Å². The molecule has 0 spiro atoms. The molecule has 1 unspecified atom stereocenters. The topological polar surface area (TPSA) is 12.4 Å². The number of hydrogen-bond acceptors (Lipinski definition) is 1. The molecular formula is C17H14FN. The van der Waals surface area contributed by atoms with Gasteiger partial charge in [0.1, 0.15) is 5.82 Å². The van der Waals surface area contributed by atoms with E-state index >= 15 is 0 Å². The van der Waals surface area contributed by atoms with E-state index in [0.717, 1.165) is 16.8 Å². The number of rotatable bonds is 2. The SMILES string of the molecule is CC1=CC(c2ccccc2F)N=C1c1ccccc1. The van der Waals surface area contributed by atoms with Gasteiger partial charge in [-0.1, -0.05) is 54.6 Å². The molecular weight excluding hydrogens is 237 g/mol. The third-order valence-corrected chi connectivity index (χ3v) is 3.32. The highest BCUT2D eigenvalue weighted by Crippen LogP contribution is 2.30. The van der Waals surface area contributed by atoms with Gasteiger partial charge in [0, 0.05) is 5.56 Å². The first-order valence-corrected chi connectivity index (χ1v) is 6.32. The lowest BCUT2D eigenvalue weighted by Gasteiger charge is -2.06. The Balaban J connectivity index is 2.01. The molecule has 0 saturated heterocycles. The van der Waals surface area contributed by atoms with Crippen molar-refractivity contribution in [2.24, 2.45) is 4.99 Å². The summed E-state index contributed by atoms with van der Waals surface area (Å²) in [4.78, 5) is 4.65. The van der Waals surface area contributed by atoms with Gasteiger partial charge in [0.25, 0.3) is 0 Å². The summed E-state index contributed by atoms with van der Waals surface area (Å²) in [5, 5.41) is 0. The molecule has 0 aliphatic carbocycles. The summed E-state index contributed by atoms with van der Waals surface area (Å²) >= 11 is 0. The quantitative estimate of drug-likeness (QED) is 0.754. The number of nitrogens with zero attached hydrogens (tertiary/aromatic N) is 1. The third kappa shape index (κ3) is 2.22. The standard InChI is InChI=1S/C17H14FN/c1-12-11-16(14-9-5-6-10-15(14)18)19-17(12)13-7-3-2-4-8-13/h2-11,16H,1H3. The zero-order valence-corrected chi connectivity index (χ0v) is 10.7. The van der Waals surface area contributed by atoms with E-state index in [1.807, 2.05) is 49.4 Å². The molecule has 0 bridgehead atoms. The zero-order valence-electron chi connectivity index (χ0n) is 10.7. The minimum Gasteiger partial charge on any atom is -0.272 e. The predicted octanol–water partition coefficient (Wildman–Crippen LogP) is 4.32. The lowest BCUT2D eigenvalue weighted by Crippen LogP contribution is -1.99. The Hall–Kier alpha value is -2.22. The number of halogens is 1. The summed E-state index contributed by atoms with van der Waals surface area (Å²) in [7, 11) is 0. The number of hydrogen-bond donors (Lipinski definition) is 0. The van der Waals surface area contributed by atoms with Gasteiger partial charge in [-0.05, 0) is 24.1 Å². The highest BCUT2D eigenvalue weighted by Gasteiger charge is 2.20. The lowest BCUT2D eigenvalue weighted by atomic mass is 10.0. The van der Waals surface area contributed by atoms with Gasteiger partial charge < -0.3 is 0 Å². The van der Waals surface area contributed by atoms with Gasteiger partial charge in [-0.15, -0.1) is 0 Å². The summed E-state index contributed by atoms with van der Waals surface area (Å²) < 4.78 is 13.8. The molecule has 0 amide bonds. The second-order valence-electron chi connectivity index (χ2n) is 4.66. The van der Waals surface area contributed by atoms with Crippen molar-refractivity contribution < 1.29 is 4.39 Å². The van der Waals surface area contributed by atoms with Crippen molar-refractivity contribution >= 4 is 5.71 Å². The fraction of sp³-hybridized carbons (Fsp3) is 0.118. The third-order valence-electron chi connectivity index (χ3n) is 3.32. The molecule has 0 radical (unpaired) electrons. The van der Waals surface area contributed by atoms with E-state index in [0.29, 0.717) is 5.56 Å². The van der Waals surface area contributed by atoms with Crippen LogP contribution in [0.4, 0.5) is 4.39 Å². The van der Waals surface area contributed by atoms with E-state index in [1.54, 1.807) is 12.1 Å². The van der Waals surface area contributed by atoms with Crippen molar-refractivity contribution in [2.45, 2.75) is 13.0 Å². The molecule has 1 aliphatic rings. The Morgan fingerprint density at radius 2 is 1.63 bits per heavy atom. The molecule has 1 heterocycles. The second kappa shape index (κ2) is 4.81. The van der Waals surface area contributed by atoms with E-state index in [1.165, 1.54) is 6.07 Å². The lowest BCUT2D eigenvalue weighted by molar-refractivity contribution is 0.603. The first-order chi connectivity index (χ1) is 9.25. The molecule has 2 heteroatoms. The summed E-state index contributed by atoms with van der Waals surface area (Å²) in [6.07, 6.45) is 2.01. The van der Waals surface area contributed by atoms with Crippen LogP contribution in [0.1, 0.15) is 24.1 Å². The van der Waals surface area contributed by atoms with Crippen LogP contribution in [-0.4, -0.2) is 5.71 Å². The second-order valence-corrected chi connectivity index (χ2v) is 4.66. The summed E-state index contributed by atoms with van der Waals surface area (Å²) in [5.41, 5.74) is 3.76. The zero-order chi connectivity index (χ0) is 13.2. The first-order valence-electron chi connectivity index (χ1n) is 6.32. The molecule has 1 aliphatic heterocycles. The fourth-order valence-electron chi connectivity index (χ4n) is 2.37. The maximum atomic E-state index is 13.8. The van der Waals surface area contributed by atoms with Crippen molar-refractivity contribution in [3.8, 4) is 0 Å². The van der Waals surface area contributed by atoms with Gasteiger partial charge in [0.05, 0.1) is 11.8 Å². The smallest absolute Gasteiger partial charge is 0.128 e. The molecule has 0 saturated carbocycles. The van der Waals surface area contributed by atoms with Crippen molar-refractivity contribution in [1.82, 2.24) is 0 Å². The predicted molar refractivity (Wildman–Crippen MR) is 75.9 cm³/mol. The van der Waals surface area contributed by atoms with E-state index < -0.39 is 0 Å². The van der Waals surface area contributed by atoms with Crippen molar-refractivity contribution in [3.05, 3.63) is 83.2 Å². The van der Waals surface area contributed by atoms with Crippen LogP contribution >= 0.6 is 0 Å². The van der Waals surface area contributed by atoms with Crippen LogP contribution in [0.3, 0.4) is 0 Å². The van der Waals surface area contributed by atoms with E-state index in [2.05, 4.69) is 4.99 Å². The number of allylic oxidation sites excluding steroid dienone is 1. The van der Waals surface area contributed by atoms with Gasteiger partial charge in [-0.2, -0.15) is 0 Å². The number of benzene rings is 2. The molecule has 1 nitrogen and oxygen atoms in total. The summed E-state index contributed by atoms with van der Waals surface area (Å²) in [5.74, 6) is -0.199. The van der Waals surface area contributed by atoms with Crippen molar-refractivity contribution in [2.75, 3.05) is 0 Å². The molecule has 19 heavy (non-hydrogen) atoms. The average molecular weight is 251 g/mol. The van der Waals surface area contributed by atoms with Gasteiger partial charge in [0.2, 0.25) is 0 Å². The van der Waals surface area contributed by atoms with E-state index in [9.17, 15) is 4.39 Å². The van der Waals surface area contributed by atoms with Crippen LogP contribution < -0.4 is 0 Å². The van der Waals surface area contributed by atoms with Crippen LogP contribution in [-0.2, 0) is 0 Å². The molecule has 94 valence electrons. The van der Waals surface area contributed by atoms with Crippen molar-refractivity contribution in [3.63, 3.8) is 0 Å². The van der Waals surface area contributed by atoms with Crippen LogP contribution in [0.25, 0.3) is 0 Å². The fourth-order valence-corrected chi connectivity index (χ4v) is 2.37. The molecule has 0 aromatic heterocycles. The largest absolute Gasteiger partial charge is 0.272 e. The molecule has 0 N–H and O–H groups in total. The van der Waals surface area contributed by atoms with Gasteiger partial charge in [0.15, 0.2) is 0 Å². The molecule has 1 atom stereocenters. The molecule has 2 aromatic carbocycles. The van der Waals surface area contributed by atoms with E-state index in [-0.39, 0.29) is 11.9 Å².